The van der Waals surface area contributed by atoms with Gasteiger partial charge in [-0.05, 0) is 24.3 Å². The van der Waals surface area contributed by atoms with Crippen LogP contribution in [0, 0.1) is 6.61 Å². The average Bonchev–Trinajstić information content (AvgIpc) is 2.05. The molecule has 0 unspecified atom stereocenters. The summed E-state index contributed by atoms with van der Waals surface area (Å²) in [4.78, 5) is 4.09. The van der Waals surface area contributed by atoms with Gasteiger partial charge in [0.15, 0.2) is 6.61 Å². The topological polar surface area (TPSA) is 22.1 Å². The summed E-state index contributed by atoms with van der Waals surface area (Å²) in [5, 5.41) is 0. The van der Waals surface area contributed by atoms with Crippen LogP contribution in [-0.2, 0) is 0 Å². The first-order valence-electron chi connectivity index (χ1n) is 3.08. The molecule has 2 heterocycles. The summed E-state index contributed by atoms with van der Waals surface area (Å²) >= 11 is 0. The van der Waals surface area contributed by atoms with Gasteiger partial charge in [-0.25, -0.2) is 0 Å². The van der Waals surface area contributed by atoms with Gasteiger partial charge in [-0.3, -0.25) is 4.98 Å². The summed E-state index contributed by atoms with van der Waals surface area (Å²) in [6.07, 6.45) is 5.49. The molecule has 1 radical (unpaired) electrons. The van der Waals surface area contributed by atoms with Crippen LogP contribution in [-0.4, -0.2) is 4.98 Å². The lowest BCUT2D eigenvalue weighted by molar-refractivity contribution is 0.427. The van der Waals surface area contributed by atoms with Crippen molar-refractivity contribution >= 4 is 6.08 Å². The summed E-state index contributed by atoms with van der Waals surface area (Å²) in [6, 6.07) is 3.74. The molecule has 2 nitrogen and oxygen atoms in total. The second kappa shape index (κ2) is 2.14. The SMILES string of the molecule is [CH]1C=Cc2ncccc2O1. The highest BCUT2D eigenvalue weighted by molar-refractivity contribution is 5.55. The molecule has 0 spiro atoms. The van der Waals surface area contributed by atoms with Crippen LogP contribution in [0.2, 0.25) is 0 Å². The molecule has 0 amide bonds. The predicted molar refractivity (Wildman–Crippen MR) is 38.2 cm³/mol. The highest BCUT2D eigenvalue weighted by Gasteiger charge is 2.03. The van der Waals surface area contributed by atoms with E-state index in [9.17, 15) is 0 Å². The molecule has 0 N–H and O–H groups in total. The fourth-order valence-electron chi connectivity index (χ4n) is 0.871. The van der Waals surface area contributed by atoms with Crippen molar-refractivity contribution in [2.75, 3.05) is 0 Å². The Morgan fingerprint density at radius 2 is 2.40 bits per heavy atom. The van der Waals surface area contributed by atoms with Crippen molar-refractivity contribution in [3.63, 3.8) is 0 Å². The lowest BCUT2D eigenvalue weighted by atomic mass is 10.3. The Morgan fingerprint density at radius 3 is 3.30 bits per heavy atom. The molecule has 1 aromatic rings. The standard InChI is InChI=1S/C8H6NO/c1-4-8-7(9-5-1)3-2-6-10-8/h1-6H. The fourth-order valence-corrected chi connectivity index (χ4v) is 0.871. The Balaban J connectivity index is 2.54. The Hall–Kier alpha value is -1.31. The Bertz CT molecular complexity index is 268. The third kappa shape index (κ3) is 0.778. The third-order valence-electron chi connectivity index (χ3n) is 1.33. The van der Waals surface area contributed by atoms with Gasteiger partial charge in [-0.1, -0.05) is 0 Å². The normalized spacial score (nSPS) is 14.0. The van der Waals surface area contributed by atoms with Crippen LogP contribution in [0.5, 0.6) is 5.75 Å². The van der Waals surface area contributed by atoms with Crippen LogP contribution < -0.4 is 4.74 Å². The van der Waals surface area contributed by atoms with E-state index in [1.165, 1.54) is 0 Å². The van der Waals surface area contributed by atoms with E-state index in [0.717, 1.165) is 11.4 Å². The van der Waals surface area contributed by atoms with Gasteiger partial charge in [-0.15, -0.1) is 0 Å². The lowest BCUT2D eigenvalue weighted by Gasteiger charge is -2.08. The quantitative estimate of drug-likeness (QED) is 0.535. The van der Waals surface area contributed by atoms with Crippen molar-refractivity contribution in [1.29, 1.82) is 0 Å². The van der Waals surface area contributed by atoms with Gasteiger partial charge < -0.3 is 4.74 Å². The first kappa shape index (κ1) is 5.47. The average molecular weight is 132 g/mol. The van der Waals surface area contributed by atoms with E-state index in [-0.39, 0.29) is 0 Å². The molecular formula is C8H6NO. The third-order valence-corrected chi connectivity index (χ3v) is 1.33. The van der Waals surface area contributed by atoms with E-state index < -0.39 is 0 Å². The van der Waals surface area contributed by atoms with Gasteiger partial charge in [0.1, 0.15) is 11.4 Å². The van der Waals surface area contributed by atoms with Crippen molar-refractivity contribution in [3.05, 3.63) is 36.7 Å². The predicted octanol–water partition coefficient (Wildman–Crippen LogP) is 1.65. The van der Waals surface area contributed by atoms with E-state index in [2.05, 4.69) is 4.98 Å². The van der Waals surface area contributed by atoms with Crippen molar-refractivity contribution in [2.45, 2.75) is 0 Å². The molecule has 0 saturated carbocycles. The largest absolute Gasteiger partial charge is 0.480 e. The highest BCUT2D eigenvalue weighted by Crippen LogP contribution is 2.20. The van der Waals surface area contributed by atoms with Crippen LogP contribution in [0.25, 0.3) is 6.08 Å². The number of hydrogen-bond acceptors (Lipinski definition) is 2. The zero-order chi connectivity index (χ0) is 6.81. The summed E-state index contributed by atoms with van der Waals surface area (Å²) in [6.45, 7) is 1.64. The molecule has 0 aromatic carbocycles. The summed E-state index contributed by atoms with van der Waals surface area (Å²) in [5.41, 5.74) is 0.894. The second-order valence-corrected chi connectivity index (χ2v) is 2.00. The molecule has 0 aliphatic carbocycles. The van der Waals surface area contributed by atoms with E-state index >= 15 is 0 Å². The van der Waals surface area contributed by atoms with Crippen molar-refractivity contribution in [1.82, 2.24) is 4.98 Å². The minimum Gasteiger partial charge on any atom is -0.480 e. The number of ether oxygens (including phenoxy) is 1. The van der Waals surface area contributed by atoms with Gasteiger partial charge >= 0.3 is 0 Å². The first-order valence-corrected chi connectivity index (χ1v) is 3.08. The summed E-state index contributed by atoms with van der Waals surface area (Å²) < 4.78 is 5.15. The molecule has 0 saturated heterocycles. The van der Waals surface area contributed by atoms with E-state index in [1.54, 1.807) is 12.8 Å². The summed E-state index contributed by atoms with van der Waals surface area (Å²) in [5.74, 6) is 0.824. The van der Waals surface area contributed by atoms with E-state index in [4.69, 9.17) is 4.74 Å². The maximum atomic E-state index is 5.15. The first-order chi connectivity index (χ1) is 4.97. The van der Waals surface area contributed by atoms with Crippen molar-refractivity contribution in [2.24, 2.45) is 0 Å². The lowest BCUT2D eigenvalue weighted by Crippen LogP contribution is -1.95. The van der Waals surface area contributed by atoms with Gasteiger partial charge in [0, 0.05) is 6.20 Å². The number of rotatable bonds is 0. The van der Waals surface area contributed by atoms with Crippen LogP contribution in [0.4, 0.5) is 0 Å². The number of pyridine rings is 1. The molecule has 49 valence electrons. The van der Waals surface area contributed by atoms with Crippen molar-refractivity contribution < 1.29 is 4.74 Å². The minimum atomic E-state index is 0.824. The summed E-state index contributed by atoms with van der Waals surface area (Å²) in [7, 11) is 0. The van der Waals surface area contributed by atoms with Crippen LogP contribution in [0.15, 0.2) is 24.4 Å². The molecule has 1 aliphatic heterocycles. The molecular weight excluding hydrogens is 126 g/mol. The minimum absolute atomic E-state index is 0.824. The number of fused-ring (bicyclic) bond motifs is 1. The van der Waals surface area contributed by atoms with Gasteiger partial charge in [0.2, 0.25) is 0 Å². The molecule has 0 atom stereocenters. The molecule has 10 heavy (non-hydrogen) atoms. The number of aromatic nitrogens is 1. The van der Waals surface area contributed by atoms with Gasteiger partial charge in [-0.2, -0.15) is 0 Å². The zero-order valence-corrected chi connectivity index (χ0v) is 5.32. The van der Waals surface area contributed by atoms with Crippen molar-refractivity contribution in [3.8, 4) is 5.75 Å². The van der Waals surface area contributed by atoms with Crippen LogP contribution in [0.3, 0.4) is 0 Å². The molecule has 0 fully saturated rings. The fraction of sp³-hybridized carbons (Fsp3) is 0. The highest BCUT2D eigenvalue weighted by atomic mass is 16.5. The Morgan fingerprint density at radius 1 is 1.40 bits per heavy atom. The Kier molecular flexibility index (Phi) is 1.17. The van der Waals surface area contributed by atoms with E-state index in [0.29, 0.717) is 0 Å². The molecule has 2 heteroatoms. The zero-order valence-electron chi connectivity index (χ0n) is 5.32. The van der Waals surface area contributed by atoms with E-state index in [1.807, 2.05) is 24.3 Å². The van der Waals surface area contributed by atoms with Crippen LogP contribution in [0.1, 0.15) is 5.69 Å². The maximum Gasteiger partial charge on any atom is 0.158 e. The number of hydrogen-bond donors (Lipinski definition) is 0. The molecule has 1 aromatic heterocycles. The van der Waals surface area contributed by atoms with Crippen LogP contribution >= 0.6 is 0 Å². The maximum absolute atomic E-state index is 5.15. The monoisotopic (exact) mass is 132 g/mol. The number of nitrogens with zero attached hydrogens (tertiary/aromatic N) is 1. The Labute approximate surface area is 59.2 Å². The van der Waals surface area contributed by atoms with Gasteiger partial charge in [0.05, 0.1) is 0 Å². The second-order valence-electron chi connectivity index (χ2n) is 2.00. The van der Waals surface area contributed by atoms with Gasteiger partial charge in [0.25, 0.3) is 0 Å². The smallest absolute Gasteiger partial charge is 0.158 e. The molecule has 0 bridgehead atoms. The molecule has 1 aliphatic rings. The molecule has 2 rings (SSSR count).